The van der Waals surface area contributed by atoms with Gasteiger partial charge in [-0.2, -0.15) is 5.26 Å². The lowest BCUT2D eigenvalue weighted by Gasteiger charge is -1.94. The number of H-pyrrole nitrogens is 1. The first-order valence-corrected chi connectivity index (χ1v) is 3.57. The Morgan fingerprint density at radius 2 is 2.00 bits per heavy atom. The third kappa shape index (κ3) is 1.03. The van der Waals surface area contributed by atoms with Crippen molar-refractivity contribution < 1.29 is 13.2 Å². The Labute approximate surface area is 75.8 Å². The van der Waals surface area contributed by atoms with Gasteiger partial charge in [0.05, 0.1) is 5.52 Å². The Bertz CT molecular complexity index is 553. The van der Waals surface area contributed by atoms with E-state index in [1.807, 2.05) is 0 Å². The predicted molar refractivity (Wildman–Crippen MR) is 40.7 cm³/mol. The molecule has 0 aliphatic rings. The van der Waals surface area contributed by atoms with Crippen LogP contribution in [0.3, 0.4) is 0 Å². The fourth-order valence-electron chi connectivity index (χ4n) is 1.11. The Kier molecular flexibility index (Phi) is 1.67. The van der Waals surface area contributed by atoms with Gasteiger partial charge in [0.2, 0.25) is 5.82 Å². The minimum atomic E-state index is -1.59. The van der Waals surface area contributed by atoms with Gasteiger partial charge in [0.1, 0.15) is 11.6 Å². The molecule has 1 N–H and O–H groups in total. The zero-order valence-corrected chi connectivity index (χ0v) is 6.61. The number of benzene rings is 1. The molecule has 0 aliphatic heterocycles. The van der Waals surface area contributed by atoms with Gasteiger partial charge in [-0.05, 0) is 0 Å². The van der Waals surface area contributed by atoms with Gasteiger partial charge in [-0.15, -0.1) is 0 Å². The van der Waals surface area contributed by atoms with E-state index >= 15 is 0 Å². The largest absolute Gasteiger partial charge is 0.329 e. The van der Waals surface area contributed by atoms with E-state index in [9.17, 15) is 13.2 Å². The molecular formula is C8H2F3N3. The molecule has 0 fully saturated rings. The summed E-state index contributed by atoms with van der Waals surface area (Å²) in [6, 6.07) is 2.36. The van der Waals surface area contributed by atoms with Gasteiger partial charge in [0.25, 0.3) is 0 Å². The van der Waals surface area contributed by atoms with E-state index in [2.05, 4.69) is 9.97 Å². The minimum absolute atomic E-state index is 0.0436. The van der Waals surface area contributed by atoms with E-state index < -0.39 is 17.5 Å². The van der Waals surface area contributed by atoms with Crippen molar-refractivity contribution >= 4 is 11.0 Å². The highest BCUT2D eigenvalue weighted by Crippen LogP contribution is 2.20. The van der Waals surface area contributed by atoms with Gasteiger partial charge in [-0.1, -0.05) is 0 Å². The molecule has 14 heavy (non-hydrogen) atoms. The number of nitrogens with one attached hydrogen (secondary N) is 1. The van der Waals surface area contributed by atoms with Gasteiger partial charge in [-0.25, -0.2) is 18.2 Å². The van der Waals surface area contributed by atoms with Crippen LogP contribution in [0.5, 0.6) is 0 Å². The average molecular weight is 197 g/mol. The molecule has 6 heteroatoms. The van der Waals surface area contributed by atoms with E-state index in [0.717, 1.165) is 6.07 Å². The van der Waals surface area contributed by atoms with Crippen molar-refractivity contribution in [3.05, 3.63) is 29.3 Å². The molecule has 0 amide bonds. The lowest BCUT2D eigenvalue weighted by molar-refractivity contribution is 0.452. The Morgan fingerprint density at radius 3 is 2.64 bits per heavy atom. The molecule has 0 bridgehead atoms. The van der Waals surface area contributed by atoms with Gasteiger partial charge >= 0.3 is 0 Å². The molecule has 70 valence electrons. The summed E-state index contributed by atoms with van der Waals surface area (Å²) in [4.78, 5) is 5.77. The maximum Gasteiger partial charge on any atom is 0.211 e. The number of hydrogen-bond acceptors (Lipinski definition) is 2. The number of rotatable bonds is 0. The second-order valence-electron chi connectivity index (χ2n) is 2.58. The van der Waals surface area contributed by atoms with E-state index in [1.54, 1.807) is 6.07 Å². The van der Waals surface area contributed by atoms with Crippen LogP contribution in [-0.4, -0.2) is 9.97 Å². The zero-order chi connectivity index (χ0) is 10.3. The Morgan fingerprint density at radius 1 is 1.29 bits per heavy atom. The fourth-order valence-corrected chi connectivity index (χ4v) is 1.11. The summed E-state index contributed by atoms with van der Waals surface area (Å²) in [5.41, 5.74) is -0.418. The van der Waals surface area contributed by atoms with Crippen molar-refractivity contribution in [3.63, 3.8) is 0 Å². The molecule has 2 rings (SSSR count). The number of hydrogen-bond donors (Lipinski definition) is 1. The summed E-state index contributed by atoms with van der Waals surface area (Å²) in [5.74, 6) is -4.49. The number of halogens is 3. The smallest absolute Gasteiger partial charge is 0.211 e. The predicted octanol–water partition coefficient (Wildman–Crippen LogP) is 1.85. The van der Waals surface area contributed by atoms with Crippen LogP contribution in [0.4, 0.5) is 13.2 Å². The van der Waals surface area contributed by atoms with Crippen molar-refractivity contribution in [3.8, 4) is 6.07 Å². The van der Waals surface area contributed by atoms with Gasteiger partial charge in [-0.3, -0.25) is 0 Å². The quantitative estimate of drug-likeness (QED) is 0.655. The van der Waals surface area contributed by atoms with E-state index in [0.29, 0.717) is 0 Å². The van der Waals surface area contributed by atoms with Crippen LogP contribution in [0, 0.1) is 28.8 Å². The number of aromatic nitrogens is 2. The summed E-state index contributed by atoms with van der Waals surface area (Å²) in [7, 11) is 0. The second kappa shape index (κ2) is 2.73. The minimum Gasteiger partial charge on any atom is -0.329 e. The summed E-state index contributed by atoms with van der Waals surface area (Å²) in [6.07, 6.45) is 0. The van der Waals surface area contributed by atoms with Gasteiger partial charge in [0.15, 0.2) is 17.5 Å². The van der Waals surface area contributed by atoms with Crippen molar-refractivity contribution in [2.45, 2.75) is 0 Å². The molecule has 0 saturated heterocycles. The first-order valence-electron chi connectivity index (χ1n) is 3.57. The van der Waals surface area contributed by atoms with Crippen molar-refractivity contribution in [1.29, 1.82) is 5.26 Å². The van der Waals surface area contributed by atoms with E-state index in [1.165, 1.54) is 0 Å². The molecule has 0 aliphatic carbocycles. The molecule has 0 unspecified atom stereocenters. The lowest BCUT2D eigenvalue weighted by Crippen LogP contribution is -1.91. The molecular weight excluding hydrogens is 195 g/mol. The van der Waals surface area contributed by atoms with Crippen molar-refractivity contribution in [2.75, 3.05) is 0 Å². The number of nitriles is 1. The third-order valence-electron chi connectivity index (χ3n) is 1.72. The number of fused-ring (bicyclic) bond motifs is 1. The molecule has 1 aromatic heterocycles. The van der Waals surface area contributed by atoms with Crippen LogP contribution in [0.1, 0.15) is 5.82 Å². The lowest BCUT2D eigenvalue weighted by atomic mass is 10.3. The monoisotopic (exact) mass is 197 g/mol. The molecule has 1 aromatic carbocycles. The third-order valence-corrected chi connectivity index (χ3v) is 1.72. The number of imidazole rings is 1. The normalized spacial score (nSPS) is 10.4. The SMILES string of the molecule is N#Cc1nc2c(F)c(F)c(F)cc2[nH]1. The maximum absolute atomic E-state index is 13.0. The molecule has 0 spiro atoms. The Balaban J connectivity index is 2.89. The molecule has 1 heterocycles. The maximum atomic E-state index is 13.0. The van der Waals surface area contributed by atoms with Gasteiger partial charge < -0.3 is 4.98 Å². The molecule has 0 atom stereocenters. The summed E-state index contributed by atoms with van der Waals surface area (Å²) in [5, 5.41) is 8.41. The van der Waals surface area contributed by atoms with Gasteiger partial charge in [0, 0.05) is 6.07 Å². The van der Waals surface area contributed by atoms with Crippen LogP contribution in [0.2, 0.25) is 0 Å². The van der Waals surface area contributed by atoms with Crippen molar-refractivity contribution in [2.24, 2.45) is 0 Å². The van der Waals surface area contributed by atoms with Crippen LogP contribution in [0.15, 0.2) is 6.07 Å². The summed E-state index contributed by atoms with van der Waals surface area (Å²) in [6.45, 7) is 0. The summed E-state index contributed by atoms with van der Waals surface area (Å²) >= 11 is 0. The molecule has 0 saturated carbocycles. The Hall–Kier alpha value is -2.03. The fraction of sp³-hybridized carbons (Fsp3) is 0. The van der Waals surface area contributed by atoms with Crippen LogP contribution >= 0.6 is 0 Å². The van der Waals surface area contributed by atoms with E-state index in [4.69, 9.17) is 5.26 Å². The highest BCUT2D eigenvalue weighted by atomic mass is 19.2. The van der Waals surface area contributed by atoms with E-state index in [-0.39, 0.29) is 16.9 Å². The van der Waals surface area contributed by atoms with Crippen LogP contribution in [-0.2, 0) is 0 Å². The molecule has 3 nitrogen and oxygen atoms in total. The first-order chi connectivity index (χ1) is 6.63. The first kappa shape index (κ1) is 8.56. The highest BCUT2D eigenvalue weighted by Gasteiger charge is 2.16. The molecule has 2 aromatic rings. The van der Waals surface area contributed by atoms with Crippen molar-refractivity contribution in [1.82, 2.24) is 9.97 Å². The topological polar surface area (TPSA) is 52.5 Å². The summed E-state index contributed by atoms with van der Waals surface area (Å²) < 4.78 is 38.4. The number of nitrogens with zero attached hydrogens (tertiary/aromatic N) is 2. The average Bonchev–Trinajstić information content (AvgIpc) is 2.57. The standard InChI is InChI=1S/C8H2F3N3/c9-3-1-4-8(7(11)6(3)10)14-5(2-12)13-4/h1H,(H,13,14). The molecule has 0 radical (unpaired) electrons. The second-order valence-corrected chi connectivity index (χ2v) is 2.58. The van der Waals surface area contributed by atoms with Crippen LogP contribution in [0.25, 0.3) is 11.0 Å². The zero-order valence-electron chi connectivity index (χ0n) is 6.61. The highest BCUT2D eigenvalue weighted by molar-refractivity contribution is 5.76. The number of aromatic amines is 1. The van der Waals surface area contributed by atoms with Crippen LogP contribution < -0.4 is 0 Å².